The van der Waals surface area contributed by atoms with Crippen LogP contribution in [0.3, 0.4) is 0 Å². The summed E-state index contributed by atoms with van der Waals surface area (Å²) in [4.78, 5) is 19.7. The minimum atomic E-state index is -0.465. The van der Waals surface area contributed by atoms with Gasteiger partial charge in [-0.05, 0) is 31.2 Å². The molecule has 0 bridgehead atoms. The van der Waals surface area contributed by atoms with Crippen LogP contribution in [-0.2, 0) is 4.74 Å². The van der Waals surface area contributed by atoms with Crippen molar-refractivity contribution in [2.75, 3.05) is 6.61 Å². The molecule has 0 saturated carbocycles. The van der Waals surface area contributed by atoms with Crippen LogP contribution < -0.4 is 0 Å². The zero-order valence-electron chi connectivity index (χ0n) is 9.76. The molecule has 2 rings (SSSR count). The van der Waals surface area contributed by atoms with Crippen LogP contribution in [-0.4, -0.2) is 22.5 Å². The minimum absolute atomic E-state index is 0.134. The highest BCUT2D eigenvalue weighted by molar-refractivity contribution is 6.32. The second-order valence-corrected chi connectivity index (χ2v) is 3.86. The van der Waals surface area contributed by atoms with E-state index in [1.807, 2.05) is 12.1 Å². The highest BCUT2D eigenvalue weighted by Gasteiger charge is 2.13. The Morgan fingerprint density at radius 3 is 2.83 bits per heavy atom. The summed E-state index contributed by atoms with van der Waals surface area (Å²) in [6.45, 7) is 2.04. The Bertz CT molecular complexity index is 558. The van der Waals surface area contributed by atoms with Gasteiger partial charge >= 0.3 is 5.97 Å². The summed E-state index contributed by atoms with van der Waals surface area (Å²) >= 11 is 5.98. The number of rotatable bonds is 3. The van der Waals surface area contributed by atoms with Crippen molar-refractivity contribution in [2.45, 2.75) is 6.92 Å². The van der Waals surface area contributed by atoms with Crippen molar-refractivity contribution in [1.82, 2.24) is 9.97 Å². The molecule has 0 atom stereocenters. The van der Waals surface area contributed by atoms with E-state index in [1.165, 1.54) is 0 Å². The van der Waals surface area contributed by atoms with Crippen molar-refractivity contribution in [3.63, 3.8) is 0 Å². The lowest BCUT2D eigenvalue weighted by atomic mass is 10.1. The third-order valence-electron chi connectivity index (χ3n) is 2.30. The van der Waals surface area contributed by atoms with E-state index in [1.54, 1.807) is 31.5 Å². The first kappa shape index (κ1) is 12.5. The van der Waals surface area contributed by atoms with Crippen LogP contribution in [0.5, 0.6) is 0 Å². The molecular formula is C13H11ClN2O2. The summed E-state index contributed by atoms with van der Waals surface area (Å²) in [5.74, 6) is -0.465. The Hall–Kier alpha value is -1.94. The number of aromatic nitrogens is 2. The molecule has 0 saturated heterocycles. The summed E-state index contributed by atoms with van der Waals surface area (Å²) in [7, 11) is 0. The molecule has 5 heteroatoms. The van der Waals surface area contributed by atoms with Gasteiger partial charge in [0.1, 0.15) is 5.15 Å². The lowest BCUT2D eigenvalue weighted by Gasteiger charge is -2.05. The molecule has 0 spiro atoms. The van der Waals surface area contributed by atoms with E-state index in [2.05, 4.69) is 9.97 Å². The van der Waals surface area contributed by atoms with Gasteiger partial charge in [0.2, 0.25) is 0 Å². The number of carbonyl (C=O) groups excluding carboxylic acids is 1. The maximum absolute atomic E-state index is 11.6. The number of carbonyl (C=O) groups is 1. The second-order valence-electron chi connectivity index (χ2n) is 3.50. The summed E-state index contributed by atoms with van der Waals surface area (Å²) in [5, 5.41) is 0.134. The van der Waals surface area contributed by atoms with Crippen molar-refractivity contribution < 1.29 is 9.53 Å². The van der Waals surface area contributed by atoms with Gasteiger partial charge in [-0.15, -0.1) is 0 Å². The van der Waals surface area contributed by atoms with Gasteiger partial charge in [0.15, 0.2) is 0 Å². The van der Waals surface area contributed by atoms with Crippen molar-refractivity contribution in [3.05, 3.63) is 47.4 Å². The van der Waals surface area contributed by atoms with E-state index < -0.39 is 5.97 Å². The smallest absolute Gasteiger partial charge is 0.341 e. The molecular weight excluding hydrogens is 252 g/mol. The quantitative estimate of drug-likeness (QED) is 0.630. The van der Waals surface area contributed by atoms with Crippen molar-refractivity contribution in [3.8, 4) is 11.3 Å². The highest BCUT2D eigenvalue weighted by atomic mass is 35.5. The predicted octanol–water partition coefficient (Wildman–Crippen LogP) is 2.97. The largest absolute Gasteiger partial charge is 0.462 e. The van der Waals surface area contributed by atoms with E-state index >= 15 is 0 Å². The minimum Gasteiger partial charge on any atom is -0.462 e. The third kappa shape index (κ3) is 2.65. The topological polar surface area (TPSA) is 52.1 Å². The Kier molecular flexibility index (Phi) is 3.89. The monoisotopic (exact) mass is 262 g/mol. The first-order chi connectivity index (χ1) is 8.72. The summed E-state index contributed by atoms with van der Waals surface area (Å²) in [6.07, 6.45) is 3.36. The summed E-state index contributed by atoms with van der Waals surface area (Å²) in [6, 6.07) is 7.00. The molecule has 2 aromatic rings. The first-order valence-electron chi connectivity index (χ1n) is 5.46. The molecule has 2 heterocycles. The molecule has 0 aromatic carbocycles. The van der Waals surface area contributed by atoms with Gasteiger partial charge in [-0.1, -0.05) is 11.6 Å². The molecule has 0 N–H and O–H groups in total. The SMILES string of the molecule is CCOC(=O)c1ccc(-c2cccnc2)nc1Cl. The molecule has 18 heavy (non-hydrogen) atoms. The number of esters is 1. The third-order valence-corrected chi connectivity index (χ3v) is 2.59. The number of hydrogen-bond acceptors (Lipinski definition) is 4. The normalized spacial score (nSPS) is 10.1. The van der Waals surface area contributed by atoms with Crippen LogP contribution in [0.4, 0.5) is 0 Å². The Labute approximate surface area is 110 Å². The van der Waals surface area contributed by atoms with Gasteiger partial charge in [-0.2, -0.15) is 0 Å². The van der Waals surface area contributed by atoms with Gasteiger partial charge in [0, 0.05) is 18.0 Å². The van der Waals surface area contributed by atoms with E-state index in [4.69, 9.17) is 16.3 Å². The fourth-order valence-corrected chi connectivity index (χ4v) is 1.70. The molecule has 0 amide bonds. The zero-order valence-corrected chi connectivity index (χ0v) is 10.5. The molecule has 2 aromatic heterocycles. The zero-order chi connectivity index (χ0) is 13.0. The number of halogens is 1. The Morgan fingerprint density at radius 1 is 1.39 bits per heavy atom. The second kappa shape index (κ2) is 5.60. The van der Waals surface area contributed by atoms with Crippen LogP contribution in [0.15, 0.2) is 36.7 Å². The number of hydrogen-bond donors (Lipinski definition) is 0. The molecule has 0 radical (unpaired) electrons. The van der Waals surface area contributed by atoms with Crippen molar-refractivity contribution in [1.29, 1.82) is 0 Å². The predicted molar refractivity (Wildman–Crippen MR) is 68.4 cm³/mol. The van der Waals surface area contributed by atoms with Crippen molar-refractivity contribution >= 4 is 17.6 Å². The van der Waals surface area contributed by atoms with Crippen LogP contribution in [0, 0.1) is 0 Å². The van der Waals surface area contributed by atoms with Gasteiger partial charge < -0.3 is 4.74 Å². The van der Waals surface area contributed by atoms with E-state index in [9.17, 15) is 4.79 Å². The molecule has 0 aliphatic carbocycles. The van der Waals surface area contributed by atoms with E-state index in [0.29, 0.717) is 12.3 Å². The molecule has 0 unspecified atom stereocenters. The summed E-state index contributed by atoms with van der Waals surface area (Å²) < 4.78 is 4.88. The van der Waals surface area contributed by atoms with Crippen LogP contribution in [0.1, 0.15) is 17.3 Å². The van der Waals surface area contributed by atoms with Crippen LogP contribution in [0.2, 0.25) is 5.15 Å². The van der Waals surface area contributed by atoms with Gasteiger partial charge in [0.25, 0.3) is 0 Å². The Balaban J connectivity index is 2.34. The number of nitrogens with zero attached hydrogens (tertiary/aromatic N) is 2. The number of pyridine rings is 2. The van der Waals surface area contributed by atoms with E-state index in [-0.39, 0.29) is 10.7 Å². The standard InChI is InChI=1S/C13H11ClN2O2/c1-2-18-13(17)10-5-6-11(16-12(10)14)9-4-3-7-15-8-9/h3-8H,2H2,1H3. The van der Waals surface area contributed by atoms with Crippen molar-refractivity contribution in [2.24, 2.45) is 0 Å². The molecule has 92 valence electrons. The van der Waals surface area contributed by atoms with Gasteiger partial charge in [0.05, 0.1) is 17.9 Å². The maximum atomic E-state index is 11.6. The lowest BCUT2D eigenvalue weighted by Crippen LogP contribution is -2.06. The maximum Gasteiger partial charge on any atom is 0.341 e. The molecule has 0 aliphatic rings. The fraction of sp³-hybridized carbons (Fsp3) is 0.154. The molecule has 0 fully saturated rings. The average molecular weight is 263 g/mol. The molecule has 4 nitrogen and oxygen atoms in total. The number of ether oxygens (including phenoxy) is 1. The molecule has 0 aliphatic heterocycles. The van der Waals surface area contributed by atoms with Gasteiger partial charge in [-0.3, -0.25) is 4.98 Å². The fourth-order valence-electron chi connectivity index (χ4n) is 1.47. The Morgan fingerprint density at radius 2 is 2.22 bits per heavy atom. The first-order valence-corrected chi connectivity index (χ1v) is 5.84. The summed E-state index contributed by atoms with van der Waals surface area (Å²) in [5.41, 5.74) is 1.78. The average Bonchev–Trinajstić information content (AvgIpc) is 2.40. The highest BCUT2D eigenvalue weighted by Crippen LogP contribution is 2.21. The van der Waals surface area contributed by atoms with E-state index in [0.717, 1.165) is 5.56 Å². The van der Waals surface area contributed by atoms with Crippen LogP contribution >= 0.6 is 11.6 Å². The van der Waals surface area contributed by atoms with Crippen LogP contribution in [0.25, 0.3) is 11.3 Å². The lowest BCUT2D eigenvalue weighted by molar-refractivity contribution is 0.0526. The van der Waals surface area contributed by atoms with Gasteiger partial charge in [-0.25, -0.2) is 9.78 Å².